The zero-order valence-corrected chi connectivity index (χ0v) is 11.8. The summed E-state index contributed by atoms with van der Waals surface area (Å²) in [7, 11) is -0.534. The molecule has 0 saturated carbocycles. The first-order chi connectivity index (χ1) is 8.98. The van der Waals surface area contributed by atoms with Gasteiger partial charge in [0.2, 0.25) is 10.0 Å². The number of benzene rings is 1. The molecule has 0 bridgehead atoms. The number of nitrogens with two attached hydrogens (primary N) is 1. The van der Waals surface area contributed by atoms with E-state index in [0.29, 0.717) is 31.0 Å². The first kappa shape index (κ1) is 14.1. The van der Waals surface area contributed by atoms with Crippen molar-refractivity contribution in [1.29, 1.82) is 0 Å². The largest absolute Gasteiger partial charge is 0.493 e. The van der Waals surface area contributed by atoms with E-state index in [-0.39, 0.29) is 10.9 Å². The lowest BCUT2D eigenvalue weighted by Gasteiger charge is -2.17. The van der Waals surface area contributed by atoms with Crippen LogP contribution in [-0.4, -0.2) is 46.1 Å². The molecule has 1 aromatic carbocycles. The third kappa shape index (κ3) is 2.68. The van der Waals surface area contributed by atoms with Gasteiger partial charge in [0.05, 0.1) is 19.1 Å². The molecule has 6 nitrogen and oxygen atoms in total. The van der Waals surface area contributed by atoms with Gasteiger partial charge in [-0.05, 0) is 18.6 Å². The molecule has 1 fully saturated rings. The van der Waals surface area contributed by atoms with Crippen molar-refractivity contribution in [2.75, 3.05) is 27.3 Å². The Bertz CT molecular complexity index is 559. The van der Waals surface area contributed by atoms with Crippen LogP contribution < -0.4 is 15.2 Å². The minimum absolute atomic E-state index is 0.0880. The number of hydrogen-bond acceptors (Lipinski definition) is 5. The van der Waals surface area contributed by atoms with E-state index >= 15 is 0 Å². The third-order valence-electron chi connectivity index (χ3n) is 3.18. The normalized spacial score (nSPS) is 20.5. The van der Waals surface area contributed by atoms with Crippen molar-refractivity contribution in [2.45, 2.75) is 17.4 Å². The molecule has 0 unspecified atom stereocenters. The van der Waals surface area contributed by atoms with Gasteiger partial charge in [-0.25, -0.2) is 8.42 Å². The van der Waals surface area contributed by atoms with E-state index in [0.717, 1.165) is 0 Å². The molecule has 7 heteroatoms. The lowest BCUT2D eigenvalue weighted by Crippen LogP contribution is -2.31. The molecule has 1 aliphatic heterocycles. The molecule has 2 N–H and O–H groups in total. The van der Waals surface area contributed by atoms with Crippen LogP contribution in [0.5, 0.6) is 11.5 Å². The van der Waals surface area contributed by atoms with E-state index in [1.165, 1.54) is 30.7 Å². The first-order valence-electron chi connectivity index (χ1n) is 5.97. The van der Waals surface area contributed by atoms with E-state index in [1.807, 2.05) is 0 Å². The molecule has 0 amide bonds. The molecule has 1 saturated heterocycles. The highest BCUT2D eigenvalue weighted by Crippen LogP contribution is 2.31. The molecule has 19 heavy (non-hydrogen) atoms. The van der Waals surface area contributed by atoms with Crippen molar-refractivity contribution in [3.05, 3.63) is 18.2 Å². The maximum atomic E-state index is 12.4. The van der Waals surface area contributed by atoms with Gasteiger partial charge in [-0.1, -0.05) is 0 Å². The Morgan fingerprint density at radius 2 is 1.95 bits per heavy atom. The van der Waals surface area contributed by atoms with E-state index in [2.05, 4.69) is 0 Å². The van der Waals surface area contributed by atoms with Crippen molar-refractivity contribution < 1.29 is 17.9 Å². The third-order valence-corrected chi connectivity index (χ3v) is 5.04. The van der Waals surface area contributed by atoms with Crippen molar-refractivity contribution in [2.24, 2.45) is 5.73 Å². The van der Waals surface area contributed by atoms with Gasteiger partial charge in [0.25, 0.3) is 0 Å². The van der Waals surface area contributed by atoms with Gasteiger partial charge in [-0.15, -0.1) is 0 Å². The Morgan fingerprint density at radius 1 is 1.26 bits per heavy atom. The molecule has 1 aliphatic rings. The number of methoxy groups -OCH3 is 2. The van der Waals surface area contributed by atoms with Crippen LogP contribution in [0.25, 0.3) is 0 Å². The molecule has 2 rings (SSSR count). The van der Waals surface area contributed by atoms with Gasteiger partial charge in [0.1, 0.15) is 0 Å². The summed E-state index contributed by atoms with van der Waals surface area (Å²) in [4.78, 5) is 0.194. The van der Waals surface area contributed by atoms with Gasteiger partial charge in [0.15, 0.2) is 11.5 Å². The maximum Gasteiger partial charge on any atom is 0.243 e. The molecule has 0 spiro atoms. The van der Waals surface area contributed by atoms with Gasteiger partial charge < -0.3 is 15.2 Å². The van der Waals surface area contributed by atoms with Crippen LogP contribution >= 0.6 is 0 Å². The zero-order chi connectivity index (χ0) is 14.0. The summed E-state index contributed by atoms with van der Waals surface area (Å²) in [6.45, 7) is 0.814. The summed E-state index contributed by atoms with van der Waals surface area (Å²) in [6, 6.07) is 4.48. The smallest absolute Gasteiger partial charge is 0.243 e. The molecular weight excluding hydrogens is 268 g/mol. The molecule has 106 valence electrons. The lowest BCUT2D eigenvalue weighted by atomic mass is 10.3. The fourth-order valence-electron chi connectivity index (χ4n) is 2.10. The van der Waals surface area contributed by atoms with Crippen LogP contribution in [0.15, 0.2) is 23.1 Å². The molecular formula is C12H18N2O4S. The highest BCUT2D eigenvalue weighted by Gasteiger charge is 2.31. The Labute approximate surface area is 113 Å². The van der Waals surface area contributed by atoms with Crippen molar-refractivity contribution in [3.8, 4) is 11.5 Å². The second-order valence-electron chi connectivity index (χ2n) is 4.43. The second-order valence-corrected chi connectivity index (χ2v) is 6.37. The molecule has 0 aliphatic carbocycles. The van der Waals surface area contributed by atoms with Crippen molar-refractivity contribution in [3.63, 3.8) is 0 Å². The number of sulfonamides is 1. The topological polar surface area (TPSA) is 81.9 Å². The van der Waals surface area contributed by atoms with Gasteiger partial charge in [-0.3, -0.25) is 0 Å². The Hall–Kier alpha value is -1.31. The second kappa shape index (κ2) is 5.36. The predicted octanol–water partition coefficient (Wildman–Crippen LogP) is 0.426. The van der Waals surface area contributed by atoms with Crippen LogP contribution in [-0.2, 0) is 10.0 Å². The minimum atomic E-state index is -3.51. The van der Waals surface area contributed by atoms with Crippen LogP contribution in [0.4, 0.5) is 0 Å². The standard InChI is InChI=1S/C12H18N2O4S/c1-17-11-4-3-10(7-12(11)18-2)19(15,16)14-6-5-9(13)8-14/h3-4,7,9H,5-6,8,13H2,1-2H3/t9-/m1/s1. The van der Waals surface area contributed by atoms with Crippen LogP contribution in [0.3, 0.4) is 0 Å². The molecule has 1 aromatic rings. The van der Waals surface area contributed by atoms with Crippen molar-refractivity contribution in [1.82, 2.24) is 4.31 Å². The average molecular weight is 286 g/mol. The van der Waals surface area contributed by atoms with E-state index in [1.54, 1.807) is 6.07 Å². The molecule has 1 atom stereocenters. The van der Waals surface area contributed by atoms with Crippen LogP contribution in [0.1, 0.15) is 6.42 Å². The summed E-state index contributed by atoms with van der Waals surface area (Å²) in [5.41, 5.74) is 5.75. The van der Waals surface area contributed by atoms with E-state index in [9.17, 15) is 8.42 Å². The fourth-order valence-corrected chi connectivity index (χ4v) is 3.63. The number of ether oxygens (including phenoxy) is 2. The summed E-state index contributed by atoms with van der Waals surface area (Å²) in [5.74, 6) is 0.895. The van der Waals surface area contributed by atoms with E-state index < -0.39 is 10.0 Å². The SMILES string of the molecule is COc1ccc(S(=O)(=O)N2CC[C@@H](N)C2)cc1OC. The summed E-state index contributed by atoms with van der Waals surface area (Å²) in [5, 5.41) is 0. The van der Waals surface area contributed by atoms with Gasteiger partial charge >= 0.3 is 0 Å². The molecule has 1 heterocycles. The minimum Gasteiger partial charge on any atom is -0.493 e. The summed E-state index contributed by atoms with van der Waals surface area (Å²) in [6.07, 6.45) is 0.687. The fraction of sp³-hybridized carbons (Fsp3) is 0.500. The van der Waals surface area contributed by atoms with Crippen LogP contribution in [0, 0.1) is 0 Å². The predicted molar refractivity (Wildman–Crippen MR) is 70.9 cm³/mol. The van der Waals surface area contributed by atoms with E-state index in [4.69, 9.17) is 15.2 Å². The summed E-state index contributed by atoms with van der Waals surface area (Å²) < 4.78 is 36.5. The van der Waals surface area contributed by atoms with Crippen LogP contribution in [0.2, 0.25) is 0 Å². The average Bonchev–Trinajstić information content (AvgIpc) is 2.85. The quantitative estimate of drug-likeness (QED) is 0.867. The van der Waals surface area contributed by atoms with Gasteiger partial charge in [0, 0.05) is 25.2 Å². The Balaban J connectivity index is 2.35. The highest BCUT2D eigenvalue weighted by molar-refractivity contribution is 7.89. The Kier molecular flexibility index (Phi) is 3.98. The first-order valence-corrected chi connectivity index (χ1v) is 7.41. The summed E-state index contributed by atoms with van der Waals surface area (Å²) >= 11 is 0. The zero-order valence-electron chi connectivity index (χ0n) is 11.0. The Morgan fingerprint density at radius 3 is 2.47 bits per heavy atom. The number of hydrogen-bond donors (Lipinski definition) is 1. The number of rotatable bonds is 4. The monoisotopic (exact) mass is 286 g/mol. The molecule has 0 aromatic heterocycles. The van der Waals surface area contributed by atoms with Crippen molar-refractivity contribution >= 4 is 10.0 Å². The van der Waals surface area contributed by atoms with Gasteiger partial charge in [-0.2, -0.15) is 4.31 Å². The molecule has 0 radical (unpaired) electrons. The highest BCUT2D eigenvalue weighted by atomic mass is 32.2. The number of nitrogens with zero attached hydrogens (tertiary/aromatic N) is 1. The lowest BCUT2D eigenvalue weighted by molar-refractivity contribution is 0.353. The maximum absolute atomic E-state index is 12.4.